The van der Waals surface area contributed by atoms with E-state index in [0.717, 1.165) is 31.2 Å². The summed E-state index contributed by atoms with van der Waals surface area (Å²) in [4.78, 5) is 219. The Morgan fingerprint density at radius 1 is 0.641 bits per heavy atom. The summed E-state index contributed by atoms with van der Waals surface area (Å²) in [7, 11) is 0. The lowest BCUT2D eigenvalue weighted by Gasteiger charge is -2.34. The first kappa shape index (κ1) is 79.0. The number of carboxylic acid groups (broad SMARTS) is 4. The van der Waals surface area contributed by atoms with Crippen LogP contribution in [0.3, 0.4) is 0 Å². The summed E-state index contributed by atoms with van der Waals surface area (Å²) in [5.41, 5.74) is 5.70. The van der Waals surface area contributed by atoms with Crippen LogP contribution in [0, 0.1) is 35.5 Å². The Kier molecular flexibility index (Phi) is 32.6. The van der Waals surface area contributed by atoms with Crippen LogP contribution in [-0.4, -0.2) is 218 Å². The second kappa shape index (κ2) is 37.9. The smallest absolute Gasteiger partial charge is 0.335 e. The molecule has 2 saturated heterocycles. The number of aliphatic hydroxyl groups is 1. The van der Waals surface area contributed by atoms with Crippen LogP contribution in [0.4, 0.5) is 0 Å². The maximum absolute atomic E-state index is 14.9. The number of nitrogens with one attached hydrogen (secondary N) is 11. The number of carbonyl (C=O) groups is 16. The van der Waals surface area contributed by atoms with Crippen molar-refractivity contribution < 1.29 is 102 Å². The molecular weight excluding hydrogens is 1210 g/mol. The lowest BCUT2D eigenvalue weighted by molar-refractivity contribution is -0.153. The molecule has 0 aromatic rings. The third kappa shape index (κ3) is 25.3. The SMILES string of the molecule is CC(C)CC/C=C\C=C\C(=O)N[C@H](C(=O)N[C@@H]1C(=O)N[C@H](C(C)C)C(=O)N[C@@H](CCCCN)C(=O)N[C@@H](C(O)C(=O)O)C(=O)N[C@@H](CC(=O)O)C(=O)NCC(=O)N[C@H](C(C)C(=O)NCC(=O)O)C(=O)N[C@@H](C(C)C)C(=O)N2C[C@H](C)C[C@H]2C(=O)NC1C)C(C)C(=O)O. The average molecular weight is 1310 g/mol. The molecule has 2 heterocycles. The first-order valence-electron chi connectivity index (χ1n) is 30.1. The van der Waals surface area contributed by atoms with Gasteiger partial charge in [0.05, 0.1) is 30.8 Å². The standard InChI is InChI=1S/C58H91N13O21/c1-26(2)17-13-11-12-14-19-36(72)65-43(31(9)57(89)90)53(85)69-44-32(10)62-50(82)35-21-29(7)25-71(35)56(88)41(28(5)6)68-52(84)42(30(8)47(79)61-24-39(76)77)66-37(73)23-60-48(80)34(22-38(74)75)64-55(87)45(46(78)58(91)92)70-49(81)33(18-15-16-20-59)63-51(83)40(27(3)4)67-54(44)86/h11-12,14,19,26-35,40-46,78H,13,15-18,20-25,59H2,1-10H3,(H,60,80)(H,61,79)(H,62,82)(H,63,83)(H,64,87)(H,65,72)(H,66,73)(H,67,86)(H,68,84)(H,69,85)(H,70,81)(H,74,75)(H,76,77)(H,89,90)(H,91,92)/b12-11-,19-14+/t29-,30?,31?,32?,33+,34+,35+,40-,41+,42-,43+,44+,45+,46?/m1/s1. The molecule has 34 heteroatoms. The third-order valence-corrected chi connectivity index (χ3v) is 15.0. The van der Waals surface area contributed by atoms with E-state index in [9.17, 15) is 102 Å². The van der Waals surface area contributed by atoms with E-state index in [1.165, 1.54) is 40.7 Å². The summed E-state index contributed by atoms with van der Waals surface area (Å²) in [6.45, 7) is 12.7. The monoisotopic (exact) mass is 1310 g/mol. The topological polar surface area (TPSA) is 536 Å². The molecule has 0 aromatic carbocycles. The number of carbonyl (C=O) groups excluding carboxylic acids is 12. The number of hydrogen-bond donors (Lipinski definition) is 17. The number of allylic oxidation sites excluding steroid dienone is 3. The lowest BCUT2D eigenvalue weighted by atomic mass is 9.97. The maximum Gasteiger partial charge on any atom is 0.335 e. The van der Waals surface area contributed by atoms with Gasteiger partial charge in [-0.1, -0.05) is 73.6 Å². The van der Waals surface area contributed by atoms with Crippen LogP contribution >= 0.6 is 0 Å². The van der Waals surface area contributed by atoms with Crippen molar-refractivity contribution in [3.63, 3.8) is 0 Å². The van der Waals surface area contributed by atoms with Crippen LogP contribution in [-0.2, 0) is 76.7 Å². The summed E-state index contributed by atoms with van der Waals surface area (Å²) in [6, 6.07) is -18.8. The fraction of sp³-hybridized carbons (Fsp3) is 0.655. The van der Waals surface area contributed by atoms with Crippen molar-refractivity contribution >= 4 is 94.8 Å². The van der Waals surface area contributed by atoms with Crippen LogP contribution in [0.25, 0.3) is 0 Å². The highest BCUT2D eigenvalue weighted by Crippen LogP contribution is 2.26. The Morgan fingerprint density at radius 2 is 1.23 bits per heavy atom. The van der Waals surface area contributed by atoms with Crippen LogP contribution in [0.2, 0.25) is 0 Å². The molecule has 2 aliphatic rings. The van der Waals surface area contributed by atoms with E-state index >= 15 is 0 Å². The third-order valence-electron chi connectivity index (χ3n) is 15.0. The van der Waals surface area contributed by atoms with E-state index in [2.05, 4.69) is 42.5 Å². The van der Waals surface area contributed by atoms with E-state index in [-0.39, 0.29) is 38.8 Å². The molecule has 18 N–H and O–H groups in total. The van der Waals surface area contributed by atoms with Gasteiger partial charge in [0.25, 0.3) is 0 Å². The van der Waals surface area contributed by atoms with Crippen LogP contribution in [0.15, 0.2) is 24.3 Å². The van der Waals surface area contributed by atoms with Crippen LogP contribution < -0.4 is 64.2 Å². The molecule has 2 fully saturated rings. The van der Waals surface area contributed by atoms with E-state index in [1.54, 1.807) is 19.1 Å². The number of aliphatic carboxylic acids is 4. The second-order valence-corrected chi connectivity index (χ2v) is 23.9. The molecular formula is C58H91N13O21. The molecule has 14 atom stereocenters. The molecule has 92 heavy (non-hydrogen) atoms. The first-order valence-corrected chi connectivity index (χ1v) is 30.1. The first-order chi connectivity index (χ1) is 42.9. The van der Waals surface area contributed by atoms with Gasteiger partial charge in [-0.3, -0.25) is 71.9 Å². The molecule has 2 rings (SSSR count). The van der Waals surface area contributed by atoms with Crippen LogP contribution in [0.5, 0.6) is 0 Å². The number of unbranched alkanes of at least 4 members (excludes halogenated alkanes) is 1. The highest BCUT2D eigenvalue weighted by atomic mass is 16.4. The Hall–Kier alpha value is -9.08. The van der Waals surface area contributed by atoms with Crippen molar-refractivity contribution in [3.8, 4) is 0 Å². The molecule has 0 radical (unpaired) electrons. The minimum atomic E-state index is -2.86. The summed E-state index contributed by atoms with van der Waals surface area (Å²) in [5.74, 6) is -26.9. The molecule has 0 aromatic heterocycles. The number of nitrogens with zero attached hydrogens (tertiary/aromatic N) is 1. The van der Waals surface area contributed by atoms with Crippen molar-refractivity contribution in [2.24, 2.45) is 41.2 Å². The minimum Gasteiger partial charge on any atom is -0.481 e. The zero-order valence-electron chi connectivity index (χ0n) is 53.2. The van der Waals surface area contributed by atoms with Gasteiger partial charge in [0.1, 0.15) is 60.9 Å². The van der Waals surface area contributed by atoms with Crippen LogP contribution in [0.1, 0.15) is 114 Å². The number of carboxylic acids is 4. The zero-order chi connectivity index (χ0) is 70.0. The molecule has 0 saturated carbocycles. The van der Waals surface area contributed by atoms with Gasteiger partial charge in [0.2, 0.25) is 70.9 Å². The Labute approximate surface area is 531 Å². The molecule has 4 unspecified atom stereocenters. The van der Waals surface area contributed by atoms with Gasteiger partial charge < -0.3 is 94.7 Å². The number of hydrogen-bond acceptors (Lipinski definition) is 18. The summed E-state index contributed by atoms with van der Waals surface area (Å²) in [6.07, 6.45) is 2.95. The number of amides is 12. The fourth-order valence-corrected chi connectivity index (χ4v) is 9.59. The van der Waals surface area contributed by atoms with Gasteiger partial charge in [-0.2, -0.15) is 0 Å². The quantitative estimate of drug-likeness (QED) is 0.0245. The number of aliphatic hydroxyl groups excluding tert-OH is 1. The normalized spacial score (nSPS) is 25.2. The predicted molar refractivity (Wildman–Crippen MR) is 323 cm³/mol. The second-order valence-electron chi connectivity index (χ2n) is 23.9. The maximum atomic E-state index is 14.9. The van der Waals surface area contributed by atoms with Crippen molar-refractivity contribution in [1.29, 1.82) is 0 Å². The van der Waals surface area contributed by atoms with Gasteiger partial charge in [0, 0.05) is 12.6 Å². The number of nitrogens with two attached hydrogens (primary N) is 1. The highest BCUT2D eigenvalue weighted by molar-refractivity contribution is 6.02. The molecule has 0 bridgehead atoms. The summed E-state index contributed by atoms with van der Waals surface area (Å²) < 4.78 is 0. The van der Waals surface area contributed by atoms with Gasteiger partial charge in [-0.15, -0.1) is 0 Å². The predicted octanol–water partition coefficient (Wildman–Crippen LogP) is -4.80. The number of rotatable bonds is 24. The summed E-state index contributed by atoms with van der Waals surface area (Å²) in [5, 5.41) is 74.7. The minimum absolute atomic E-state index is 0.0436. The largest absolute Gasteiger partial charge is 0.481 e. The molecule has 12 amide bonds. The van der Waals surface area contributed by atoms with Crippen molar-refractivity contribution in [2.75, 3.05) is 26.2 Å². The van der Waals surface area contributed by atoms with Crippen molar-refractivity contribution in [1.82, 2.24) is 63.4 Å². The average Bonchev–Trinajstić information content (AvgIpc) is 1.58. The van der Waals surface area contributed by atoms with Gasteiger partial charge in [-0.25, -0.2) is 4.79 Å². The van der Waals surface area contributed by atoms with Gasteiger partial charge in [0.15, 0.2) is 6.10 Å². The Bertz CT molecular complexity index is 2770. The van der Waals surface area contributed by atoms with Crippen molar-refractivity contribution in [2.45, 2.75) is 181 Å². The highest BCUT2D eigenvalue weighted by Gasteiger charge is 2.46. The lowest BCUT2D eigenvalue weighted by Crippen LogP contribution is -2.65. The fourth-order valence-electron chi connectivity index (χ4n) is 9.59. The number of fused-ring (bicyclic) bond motifs is 1. The molecule has 0 spiro atoms. The molecule has 514 valence electrons. The Balaban J connectivity index is 3.01. The summed E-state index contributed by atoms with van der Waals surface area (Å²) >= 11 is 0. The Morgan fingerprint density at radius 3 is 1.79 bits per heavy atom. The molecule has 0 aliphatic carbocycles. The van der Waals surface area contributed by atoms with E-state index in [0.29, 0.717) is 12.3 Å². The molecule has 2 aliphatic heterocycles. The van der Waals surface area contributed by atoms with Crippen molar-refractivity contribution in [3.05, 3.63) is 24.3 Å². The van der Waals surface area contributed by atoms with E-state index < -0.39 is 210 Å². The van der Waals surface area contributed by atoms with E-state index in [1.807, 2.05) is 29.8 Å². The van der Waals surface area contributed by atoms with E-state index in [4.69, 9.17) is 5.73 Å². The van der Waals surface area contributed by atoms with Gasteiger partial charge in [-0.05, 0) is 82.6 Å². The van der Waals surface area contributed by atoms with Gasteiger partial charge >= 0.3 is 23.9 Å². The molecule has 34 nitrogen and oxygen atoms in total. The zero-order valence-corrected chi connectivity index (χ0v) is 53.2.